The summed E-state index contributed by atoms with van der Waals surface area (Å²) in [7, 11) is 1.53. The molecule has 7 heteroatoms. The average molecular weight is 279 g/mol. The van der Waals surface area contributed by atoms with E-state index in [0.717, 1.165) is 6.42 Å². The summed E-state index contributed by atoms with van der Waals surface area (Å²) in [5.41, 5.74) is 2.12. The van der Waals surface area contributed by atoms with Gasteiger partial charge in [-0.05, 0) is 24.3 Å². The van der Waals surface area contributed by atoms with E-state index in [9.17, 15) is 9.59 Å². The van der Waals surface area contributed by atoms with E-state index in [-0.39, 0.29) is 17.3 Å². The highest BCUT2D eigenvalue weighted by atomic mass is 16.7. The van der Waals surface area contributed by atoms with E-state index in [1.165, 1.54) is 13.1 Å². The van der Waals surface area contributed by atoms with Crippen molar-refractivity contribution in [3.63, 3.8) is 0 Å². The van der Waals surface area contributed by atoms with Gasteiger partial charge in [0, 0.05) is 13.1 Å². The fraction of sp³-hybridized carbons (Fsp3) is 0.462. The van der Waals surface area contributed by atoms with E-state index in [2.05, 4.69) is 29.3 Å². The Kier molecular flexibility index (Phi) is 4.19. The second-order valence-electron chi connectivity index (χ2n) is 4.88. The van der Waals surface area contributed by atoms with E-state index in [1.54, 1.807) is 0 Å². The molecule has 2 heterocycles. The maximum atomic E-state index is 12.1. The third-order valence-corrected chi connectivity index (χ3v) is 2.86. The van der Waals surface area contributed by atoms with Gasteiger partial charge >= 0.3 is 11.6 Å². The fourth-order valence-corrected chi connectivity index (χ4v) is 1.92. The Morgan fingerprint density at radius 1 is 1.45 bits per heavy atom. The molecule has 20 heavy (non-hydrogen) atoms. The molecule has 0 unspecified atom stereocenters. The second kappa shape index (κ2) is 5.87. The number of hydrogen-bond acceptors (Lipinski definition) is 6. The van der Waals surface area contributed by atoms with Crippen LogP contribution in [0.2, 0.25) is 0 Å². The summed E-state index contributed by atoms with van der Waals surface area (Å²) in [5, 5.41) is 0.300. The maximum absolute atomic E-state index is 12.1. The number of rotatable bonds is 5. The van der Waals surface area contributed by atoms with Gasteiger partial charge in [-0.25, -0.2) is 4.79 Å². The zero-order valence-corrected chi connectivity index (χ0v) is 11.6. The summed E-state index contributed by atoms with van der Waals surface area (Å²) >= 11 is 0. The zero-order chi connectivity index (χ0) is 14.7. The van der Waals surface area contributed by atoms with E-state index in [0.29, 0.717) is 23.3 Å². The number of aryl methyl sites for hydroxylation is 1. The summed E-state index contributed by atoms with van der Waals surface area (Å²) in [6.45, 7) is 4.16. The first-order valence-electron chi connectivity index (χ1n) is 6.42. The zero-order valence-electron chi connectivity index (χ0n) is 11.6. The molecule has 2 rings (SSSR count). The van der Waals surface area contributed by atoms with E-state index < -0.39 is 5.63 Å². The van der Waals surface area contributed by atoms with Gasteiger partial charge in [0.2, 0.25) is 5.71 Å². The van der Waals surface area contributed by atoms with Gasteiger partial charge in [0.15, 0.2) is 0 Å². The molecular weight excluding hydrogens is 262 g/mol. The second-order valence-corrected chi connectivity index (χ2v) is 4.88. The Bertz CT molecular complexity index is 718. The van der Waals surface area contributed by atoms with E-state index in [4.69, 9.17) is 9.25 Å². The van der Waals surface area contributed by atoms with Crippen LogP contribution in [0.4, 0.5) is 0 Å². The van der Waals surface area contributed by atoms with Crippen LogP contribution in [0.1, 0.15) is 25.8 Å². The van der Waals surface area contributed by atoms with Crippen LogP contribution in [0.25, 0.3) is 11.1 Å². The molecule has 0 aromatic carbocycles. The summed E-state index contributed by atoms with van der Waals surface area (Å²) in [6, 6.07) is 1.30. The molecular formula is C13H17N3O4. The van der Waals surface area contributed by atoms with E-state index >= 15 is 0 Å². The van der Waals surface area contributed by atoms with Crippen molar-refractivity contribution in [1.29, 1.82) is 0 Å². The standard InChI is InChI=1S/C13H17N3O4/c1-7(2)4-5-8-6-9(17)19-12-10(8)11(18)15-13(16-12)20-14-3/h6-7,14H,4-5H2,1-3H3,(H,15,16,18). The van der Waals surface area contributed by atoms with Crippen molar-refractivity contribution in [3.8, 4) is 6.01 Å². The molecule has 2 N–H and O–H groups in total. The van der Waals surface area contributed by atoms with Gasteiger partial charge in [-0.2, -0.15) is 10.5 Å². The number of hydroxylamine groups is 1. The predicted molar refractivity (Wildman–Crippen MR) is 73.7 cm³/mol. The fourth-order valence-electron chi connectivity index (χ4n) is 1.92. The molecule has 0 spiro atoms. The van der Waals surface area contributed by atoms with Crippen molar-refractivity contribution in [2.45, 2.75) is 26.7 Å². The number of hydrogen-bond donors (Lipinski definition) is 2. The lowest BCUT2D eigenvalue weighted by atomic mass is 10.0. The lowest BCUT2D eigenvalue weighted by Crippen LogP contribution is -2.19. The smallest absolute Gasteiger partial charge is 0.337 e. The van der Waals surface area contributed by atoms with Crippen LogP contribution in [-0.4, -0.2) is 17.0 Å². The van der Waals surface area contributed by atoms with Gasteiger partial charge < -0.3 is 9.25 Å². The molecule has 0 aliphatic rings. The Labute approximate surface area is 114 Å². The molecule has 0 aliphatic carbocycles. The minimum absolute atomic E-state index is 0.00902. The van der Waals surface area contributed by atoms with Gasteiger partial charge in [0.25, 0.3) is 5.56 Å². The van der Waals surface area contributed by atoms with Crippen LogP contribution in [0.15, 0.2) is 20.1 Å². The molecule has 0 fully saturated rings. The highest BCUT2D eigenvalue weighted by molar-refractivity contribution is 5.75. The molecule has 2 aromatic rings. The third kappa shape index (κ3) is 3.05. The monoisotopic (exact) mass is 279 g/mol. The molecule has 7 nitrogen and oxygen atoms in total. The number of nitrogens with zero attached hydrogens (tertiary/aromatic N) is 1. The lowest BCUT2D eigenvalue weighted by molar-refractivity contribution is 0.203. The number of aromatic amines is 1. The van der Waals surface area contributed by atoms with Gasteiger partial charge in [0.05, 0.1) is 0 Å². The molecule has 2 aromatic heterocycles. The Morgan fingerprint density at radius 2 is 2.20 bits per heavy atom. The molecule has 0 atom stereocenters. The van der Waals surface area contributed by atoms with Crippen LogP contribution in [-0.2, 0) is 6.42 Å². The Balaban J connectivity index is 2.58. The topological polar surface area (TPSA) is 97.2 Å². The Morgan fingerprint density at radius 3 is 2.85 bits per heavy atom. The summed E-state index contributed by atoms with van der Waals surface area (Å²) in [5.74, 6) is 0.469. The van der Waals surface area contributed by atoms with Crippen molar-refractivity contribution < 1.29 is 9.25 Å². The first-order chi connectivity index (χ1) is 9.51. The number of aromatic nitrogens is 2. The van der Waals surface area contributed by atoms with Crippen LogP contribution < -0.4 is 21.5 Å². The number of fused-ring (bicyclic) bond motifs is 1. The highest BCUT2D eigenvalue weighted by Gasteiger charge is 2.13. The maximum Gasteiger partial charge on any atom is 0.337 e. The average Bonchev–Trinajstić information content (AvgIpc) is 2.35. The van der Waals surface area contributed by atoms with E-state index in [1.807, 2.05) is 0 Å². The van der Waals surface area contributed by atoms with Crippen LogP contribution >= 0.6 is 0 Å². The quantitative estimate of drug-likeness (QED) is 0.792. The van der Waals surface area contributed by atoms with Crippen molar-refractivity contribution >= 4 is 11.1 Å². The van der Waals surface area contributed by atoms with Crippen molar-refractivity contribution in [3.05, 3.63) is 32.4 Å². The minimum atomic E-state index is -0.523. The molecule has 108 valence electrons. The minimum Gasteiger partial charge on any atom is -0.403 e. The molecule has 0 aliphatic heterocycles. The van der Waals surface area contributed by atoms with Gasteiger partial charge in [0.1, 0.15) is 5.39 Å². The van der Waals surface area contributed by atoms with Crippen LogP contribution in [0, 0.1) is 5.92 Å². The van der Waals surface area contributed by atoms with Crippen LogP contribution in [0.5, 0.6) is 6.01 Å². The molecule has 0 amide bonds. The number of H-pyrrole nitrogens is 1. The Hall–Kier alpha value is -2.15. The normalized spacial score (nSPS) is 11.2. The first-order valence-corrected chi connectivity index (χ1v) is 6.42. The predicted octanol–water partition coefficient (Wildman–Crippen LogP) is 0.978. The largest absolute Gasteiger partial charge is 0.403 e. The molecule has 0 saturated heterocycles. The van der Waals surface area contributed by atoms with Crippen molar-refractivity contribution in [2.75, 3.05) is 7.05 Å². The number of nitrogens with one attached hydrogen (secondary N) is 2. The first kappa shape index (κ1) is 14.3. The molecule has 0 bridgehead atoms. The molecule has 0 saturated carbocycles. The summed E-state index contributed by atoms with van der Waals surface area (Å²) in [6.07, 6.45) is 1.49. The SMILES string of the molecule is CNOc1nc2oc(=O)cc(CCC(C)C)c2c(=O)[nH]1. The van der Waals surface area contributed by atoms with Crippen molar-refractivity contribution in [1.82, 2.24) is 15.4 Å². The van der Waals surface area contributed by atoms with Crippen molar-refractivity contribution in [2.24, 2.45) is 5.92 Å². The lowest BCUT2D eigenvalue weighted by Gasteiger charge is -2.07. The summed E-state index contributed by atoms with van der Waals surface area (Å²) < 4.78 is 4.98. The van der Waals surface area contributed by atoms with Gasteiger partial charge in [-0.3, -0.25) is 9.78 Å². The van der Waals surface area contributed by atoms with Gasteiger partial charge in [-0.15, -0.1) is 0 Å². The van der Waals surface area contributed by atoms with Crippen LogP contribution in [0.3, 0.4) is 0 Å². The highest BCUT2D eigenvalue weighted by Crippen LogP contribution is 2.16. The summed E-state index contributed by atoms with van der Waals surface area (Å²) in [4.78, 5) is 35.0. The third-order valence-electron chi connectivity index (χ3n) is 2.86. The van der Waals surface area contributed by atoms with Gasteiger partial charge in [-0.1, -0.05) is 13.8 Å². The molecule has 0 radical (unpaired) electrons.